The lowest BCUT2D eigenvalue weighted by Crippen LogP contribution is -2.50. The van der Waals surface area contributed by atoms with Gasteiger partial charge in [0.05, 0.1) is 12.5 Å². The van der Waals surface area contributed by atoms with E-state index in [1.165, 1.54) is 7.11 Å². The fourth-order valence-electron chi connectivity index (χ4n) is 5.09. The summed E-state index contributed by atoms with van der Waals surface area (Å²) in [5.74, 6) is -1.90. The molecule has 3 N–H and O–H groups in total. The average Bonchev–Trinajstić information content (AvgIpc) is 3.44. The molecule has 2 aromatic rings. The van der Waals surface area contributed by atoms with E-state index in [4.69, 9.17) is 9.47 Å². The van der Waals surface area contributed by atoms with Gasteiger partial charge in [0.25, 0.3) is 0 Å². The van der Waals surface area contributed by atoms with Gasteiger partial charge in [-0.25, -0.2) is 4.79 Å². The van der Waals surface area contributed by atoms with Gasteiger partial charge in [0.1, 0.15) is 12.6 Å². The average molecular weight is 467 g/mol. The molecule has 2 aliphatic rings. The van der Waals surface area contributed by atoms with Crippen LogP contribution in [0.2, 0.25) is 0 Å². The van der Waals surface area contributed by atoms with Crippen LogP contribution in [0.4, 0.5) is 4.79 Å². The van der Waals surface area contributed by atoms with Crippen LogP contribution in [0.15, 0.2) is 48.5 Å². The number of nitrogens with one attached hydrogen (secondary N) is 2. The fraction of sp³-hybridized carbons (Fsp3) is 0.423. The largest absolute Gasteiger partial charge is 0.481 e. The third-order valence-corrected chi connectivity index (χ3v) is 6.80. The second-order valence-corrected chi connectivity index (χ2v) is 8.86. The molecule has 0 heterocycles. The van der Waals surface area contributed by atoms with Gasteiger partial charge >= 0.3 is 12.1 Å². The normalized spacial score (nSPS) is 19.7. The highest BCUT2D eigenvalue weighted by Crippen LogP contribution is 2.44. The molecule has 0 spiro atoms. The van der Waals surface area contributed by atoms with Gasteiger partial charge in [-0.15, -0.1) is 0 Å². The first-order chi connectivity index (χ1) is 16.5. The summed E-state index contributed by atoms with van der Waals surface area (Å²) in [5.41, 5.74) is 4.48. The topological polar surface area (TPSA) is 114 Å². The molecule has 3 atom stereocenters. The van der Waals surface area contributed by atoms with Gasteiger partial charge in [0.15, 0.2) is 0 Å². The standard InChI is InChI=1S/C26H30N2O6/c1-33-15-23(24(29)27-13-16-7-6-12-17(16)25(30)31)28-26(32)34-14-22-20-10-4-2-8-18(20)19-9-3-5-11-21(19)22/h2-5,8-11,16-17,22-23H,6-7,12-15H2,1H3,(H,27,29)(H,28,32)(H,30,31)/t16-,17-,23?/m0/s1. The lowest BCUT2D eigenvalue weighted by Gasteiger charge is -2.21. The lowest BCUT2D eigenvalue weighted by molar-refractivity contribution is -0.143. The molecule has 1 saturated carbocycles. The predicted octanol–water partition coefficient (Wildman–Crippen LogP) is 3.16. The Morgan fingerprint density at radius 1 is 1.03 bits per heavy atom. The van der Waals surface area contributed by atoms with Crippen molar-refractivity contribution in [2.75, 3.05) is 26.9 Å². The van der Waals surface area contributed by atoms with Crippen LogP contribution in [0.25, 0.3) is 11.1 Å². The molecule has 0 saturated heterocycles. The molecule has 8 nitrogen and oxygen atoms in total. The zero-order valence-electron chi connectivity index (χ0n) is 19.2. The van der Waals surface area contributed by atoms with Crippen molar-refractivity contribution in [2.45, 2.75) is 31.2 Å². The van der Waals surface area contributed by atoms with E-state index >= 15 is 0 Å². The van der Waals surface area contributed by atoms with Gasteiger partial charge in [-0.1, -0.05) is 55.0 Å². The van der Waals surface area contributed by atoms with Gasteiger partial charge in [-0.2, -0.15) is 0 Å². The third kappa shape index (κ3) is 5.07. The van der Waals surface area contributed by atoms with Crippen LogP contribution in [0.1, 0.15) is 36.3 Å². The third-order valence-electron chi connectivity index (χ3n) is 6.80. The summed E-state index contributed by atoms with van der Waals surface area (Å²) in [6.07, 6.45) is 1.50. The molecule has 2 aliphatic carbocycles. The summed E-state index contributed by atoms with van der Waals surface area (Å²) in [6.45, 7) is 0.370. The number of ether oxygens (including phenoxy) is 2. The van der Waals surface area contributed by atoms with E-state index < -0.39 is 29.9 Å². The number of methoxy groups -OCH3 is 1. The Kier molecular flexibility index (Phi) is 7.47. The second-order valence-electron chi connectivity index (χ2n) is 8.86. The Balaban J connectivity index is 1.33. The zero-order valence-corrected chi connectivity index (χ0v) is 19.2. The van der Waals surface area contributed by atoms with Gasteiger partial charge < -0.3 is 25.2 Å². The van der Waals surface area contributed by atoms with Crippen LogP contribution in [-0.4, -0.2) is 56.0 Å². The van der Waals surface area contributed by atoms with Crippen molar-refractivity contribution in [3.63, 3.8) is 0 Å². The minimum absolute atomic E-state index is 0.0247. The monoisotopic (exact) mass is 466 g/mol. The lowest BCUT2D eigenvalue weighted by atomic mass is 9.96. The summed E-state index contributed by atoms with van der Waals surface area (Å²) >= 11 is 0. The maximum atomic E-state index is 12.7. The van der Waals surface area contributed by atoms with E-state index in [1.807, 2.05) is 36.4 Å². The fourth-order valence-corrected chi connectivity index (χ4v) is 5.09. The molecule has 2 amide bonds. The number of amides is 2. The smallest absolute Gasteiger partial charge is 0.407 e. The minimum Gasteiger partial charge on any atom is -0.481 e. The highest BCUT2D eigenvalue weighted by Gasteiger charge is 2.34. The molecule has 180 valence electrons. The quantitative estimate of drug-likeness (QED) is 0.523. The number of fused-ring (bicyclic) bond motifs is 3. The molecule has 2 aromatic carbocycles. The van der Waals surface area contributed by atoms with Crippen molar-refractivity contribution in [3.8, 4) is 11.1 Å². The van der Waals surface area contributed by atoms with Gasteiger partial charge in [-0.05, 0) is 41.0 Å². The van der Waals surface area contributed by atoms with Crippen molar-refractivity contribution in [3.05, 3.63) is 59.7 Å². The number of aliphatic carboxylic acids is 1. The molecule has 1 unspecified atom stereocenters. The van der Waals surface area contributed by atoms with Crippen molar-refractivity contribution in [2.24, 2.45) is 11.8 Å². The predicted molar refractivity (Wildman–Crippen MR) is 125 cm³/mol. The maximum absolute atomic E-state index is 12.7. The highest BCUT2D eigenvalue weighted by atomic mass is 16.5. The molecule has 0 aliphatic heterocycles. The number of alkyl carbamates (subject to hydrolysis) is 1. The molecule has 4 rings (SSSR count). The van der Waals surface area contributed by atoms with Crippen LogP contribution in [0.5, 0.6) is 0 Å². The summed E-state index contributed by atoms with van der Waals surface area (Å²) in [7, 11) is 1.44. The first-order valence-electron chi connectivity index (χ1n) is 11.6. The number of hydrogen-bond acceptors (Lipinski definition) is 5. The summed E-state index contributed by atoms with van der Waals surface area (Å²) in [6, 6.07) is 15.2. The van der Waals surface area contributed by atoms with Crippen LogP contribution >= 0.6 is 0 Å². The van der Waals surface area contributed by atoms with E-state index in [-0.39, 0.29) is 31.6 Å². The number of hydrogen-bond donors (Lipinski definition) is 3. The van der Waals surface area contributed by atoms with Crippen LogP contribution in [0, 0.1) is 11.8 Å². The Morgan fingerprint density at radius 2 is 1.68 bits per heavy atom. The van der Waals surface area contributed by atoms with Crippen LogP contribution in [-0.2, 0) is 19.1 Å². The van der Waals surface area contributed by atoms with Crippen LogP contribution < -0.4 is 10.6 Å². The summed E-state index contributed by atoms with van der Waals surface area (Å²) in [4.78, 5) is 36.6. The molecular weight excluding hydrogens is 436 g/mol. The molecular formula is C26H30N2O6. The van der Waals surface area contributed by atoms with E-state index in [0.29, 0.717) is 6.42 Å². The Labute approximate surface area is 198 Å². The summed E-state index contributed by atoms with van der Waals surface area (Å²) in [5, 5.41) is 14.7. The zero-order chi connectivity index (χ0) is 24.1. The van der Waals surface area contributed by atoms with Crippen molar-refractivity contribution in [1.29, 1.82) is 0 Å². The van der Waals surface area contributed by atoms with Gasteiger partial charge in [0, 0.05) is 19.6 Å². The molecule has 34 heavy (non-hydrogen) atoms. The van der Waals surface area contributed by atoms with Crippen molar-refractivity contribution in [1.82, 2.24) is 10.6 Å². The SMILES string of the molecule is COCC(NC(=O)OCC1c2ccccc2-c2ccccc21)C(=O)NC[C@@H]1CCC[C@@H]1C(=O)O. The molecule has 0 bridgehead atoms. The minimum atomic E-state index is -0.940. The highest BCUT2D eigenvalue weighted by molar-refractivity contribution is 5.86. The number of benzene rings is 2. The Bertz CT molecular complexity index is 1010. The van der Waals surface area contributed by atoms with Crippen molar-refractivity contribution >= 4 is 18.0 Å². The Hall–Kier alpha value is -3.39. The number of carboxylic acid groups (broad SMARTS) is 1. The van der Waals surface area contributed by atoms with Crippen LogP contribution in [0.3, 0.4) is 0 Å². The van der Waals surface area contributed by atoms with E-state index in [0.717, 1.165) is 35.1 Å². The molecule has 8 heteroatoms. The first-order valence-corrected chi connectivity index (χ1v) is 11.6. The van der Waals surface area contributed by atoms with Gasteiger partial charge in [-0.3, -0.25) is 9.59 Å². The number of rotatable bonds is 9. The number of carboxylic acids is 1. The van der Waals surface area contributed by atoms with E-state index in [1.54, 1.807) is 0 Å². The summed E-state index contributed by atoms with van der Waals surface area (Å²) < 4.78 is 10.6. The number of carbonyl (C=O) groups is 3. The number of carbonyl (C=O) groups excluding carboxylic acids is 2. The van der Waals surface area contributed by atoms with E-state index in [9.17, 15) is 19.5 Å². The maximum Gasteiger partial charge on any atom is 0.407 e. The van der Waals surface area contributed by atoms with E-state index in [2.05, 4.69) is 22.8 Å². The van der Waals surface area contributed by atoms with Gasteiger partial charge in [0.2, 0.25) is 5.91 Å². The second kappa shape index (κ2) is 10.7. The Morgan fingerprint density at radius 3 is 2.29 bits per heavy atom. The molecule has 0 aromatic heterocycles. The van der Waals surface area contributed by atoms with Crippen molar-refractivity contribution < 1.29 is 29.0 Å². The molecule has 0 radical (unpaired) electrons. The first kappa shape index (κ1) is 23.8. The molecule has 1 fully saturated rings.